The van der Waals surface area contributed by atoms with E-state index in [9.17, 15) is 9.59 Å². The van der Waals surface area contributed by atoms with Crippen LogP contribution in [0.2, 0.25) is 5.02 Å². The van der Waals surface area contributed by atoms with Crippen LogP contribution < -0.4 is 10.6 Å². The number of carbonyl (C=O) groups is 2. The Morgan fingerprint density at radius 2 is 1.88 bits per heavy atom. The Kier molecular flexibility index (Phi) is 7.54. The van der Waals surface area contributed by atoms with Crippen LogP contribution >= 0.6 is 23.4 Å². The fourth-order valence-corrected chi connectivity index (χ4v) is 3.14. The number of rotatable bonds is 7. The van der Waals surface area contributed by atoms with Gasteiger partial charge in [-0.1, -0.05) is 35.4 Å². The largest absolute Gasteiger partial charge is 0.340 e. The standard InChI is InChI=1S/C20H23ClN2O2S/c1-13-6-4-7-15(12-13)19(24)23-18(10-11-26-3)20(25)22-17-9-5-8-16(21)14(17)2/h4-9,12,18H,10-11H2,1-3H3,(H,22,25)(H,23,24). The van der Waals surface area contributed by atoms with Crippen LogP contribution in [0.5, 0.6) is 0 Å². The minimum Gasteiger partial charge on any atom is -0.340 e. The lowest BCUT2D eigenvalue weighted by atomic mass is 10.1. The molecule has 0 saturated heterocycles. The van der Waals surface area contributed by atoms with Crippen molar-refractivity contribution in [2.45, 2.75) is 26.3 Å². The van der Waals surface area contributed by atoms with Gasteiger partial charge in [0, 0.05) is 16.3 Å². The molecule has 26 heavy (non-hydrogen) atoms. The topological polar surface area (TPSA) is 58.2 Å². The first-order chi connectivity index (χ1) is 12.4. The second-order valence-electron chi connectivity index (χ2n) is 6.08. The SMILES string of the molecule is CSCCC(NC(=O)c1cccc(C)c1)C(=O)Nc1cccc(Cl)c1C. The van der Waals surface area contributed by atoms with Gasteiger partial charge in [-0.25, -0.2) is 0 Å². The van der Waals surface area contributed by atoms with Gasteiger partial charge in [0.05, 0.1) is 0 Å². The summed E-state index contributed by atoms with van der Waals surface area (Å²) >= 11 is 7.75. The fourth-order valence-electron chi connectivity index (χ4n) is 2.50. The number of benzene rings is 2. The number of carbonyl (C=O) groups excluding carboxylic acids is 2. The maximum absolute atomic E-state index is 12.7. The molecule has 0 aliphatic carbocycles. The Morgan fingerprint density at radius 1 is 1.15 bits per heavy atom. The normalized spacial score (nSPS) is 11.7. The van der Waals surface area contributed by atoms with Gasteiger partial charge in [-0.15, -0.1) is 0 Å². The van der Waals surface area contributed by atoms with E-state index in [-0.39, 0.29) is 11.8 Å². The van der Waals surface area contributed by atoms with Crippen molar-refractivity contribution in [3.05, 3.63) is 64.2 Å². The quantitative estimate of drug-likeness (QED) is 0.734. The zero-order valence-electron chi connectivity index (χ0n) is 15.1. The van der Waals surface area contributed by atoms with Crippen LogP contribution in [-0.2, 0) is 4.79 Å². The summed E-state index contributed by atoms with van der Waals surface area (Å²) in [6.07, 6.45) is 2.52. The molecule has 0 aliphatic heterocycles. The van der Waals surface area contributed by atoms with Crippen LogP contribution in [-0.4, -0.2) is 29.9 Å². The molecule has 138 valence electrons. The summed E-state index contributed by atoms with van der Waals surface area (Å²) in [5.41, 5.74) is 3.00. The minimum absolute atomic E-state index is 0.245. The van der Waals surface area contributed by atoms with E-state index in [0.717, 1.165) is 16.9 Å². The van der Waals surface area contributed by atoms with Gasteiger partial charge in [-0.2, -0.15) is 11.8 Å². The van der Waals surface area contributed by atoms with Crippen molar-refractivity contribution in [2.75, 3.05) is 17.3 Å². The second kappa shape index (κ2) is 9.64. The monoisotopic (exact) mass is 390 g/mol. The maximum Gasteiger partial charge on any atom is 0.251 e. The Morgan fingerprint density at radius 3 is 2.58 bits per heavy atom. The molecule has 0 heterocycles. The minimum atomic E-state index is -0.617. The van der Waals surface area contributed by atoms with Crippen molar-refractivity contribution < 1.29 is 9.59 Å². The van der Waals surface area contributed by atoms with Gasteiger partial charge in [0.2, 0.25) is 5.91 Å². The zero-order chi connectivity index (χ0) is 19.1. The molecule has 1 unspecified atom stereocenters. The predicted molar refractivity (Wildman–Crippen MR) is 110 cm³/mol. The van der Waals surface area contributed by atoms with Crippen molar-refractivity contribution in [1.29, 1.82) is 0 Å². The van der Waals surface area contributed by atoms with E-state index in [4.69, 9.17) is 11.6 Å². The number of hydrogen-bond donors (Lipinski definition) is 2. The van der Waals surface area contributed by atoms with E-state index in [0.29, 0.717) is 22.7 Å². The third-order valence-corrected chi connectivity index (χ3v) is 5.09. The van der Waals surface area contributed by atoms with E-state index >= 15 is 0 Å². The van der Waals surface area contributed by atoms with Gasteiger partial charge in [0.25, 0.3) is 5.91 Å². The molecule has 6 heteroatoms. The Bertz CT molecular complexity index is 795. The number of nitrogens with one attached hydrogen (secondary N) is 2. The molecule has 2 aromatic carbocycles. The molecular formula is C20H23ClN2O2S. The van der Waals surface area contributed by atoms with Crippen LogP contribution in [0, 0.1) is 13.8 Å². The summed E-state index contributed by atoms with van der Waals surface area (Å²) in [5, 5.41) is 6.32. The summed E-state index contributed by atoms with van der Waals surface area (Å²) in [4.78, 5) is 25.3. The van der Waals surface area contributed by atoms with Gasteiger partial charge < -0.3 is 10.6 Å². The molecule has 0 fully saturated rings. The van der Waals surface area contributed by atoms with E-state index in [1.54, 1.807) is 42.1 Å². The van der Waals surface area contributed by atoms with Crippen LogP contribution in [0.15, 0.2) is 42.5 Å². The van der Waals surface area contributed by atoms with Gasteiger partial charge in [-0.3, -0.25) is 9.59 Å². The number of halogens is 1. The molecular weight excluding hydrogens is 368 g/mol. The highest BCUT2D eigenvalue weighted by Crippen LogP contribution is 2.23. The lowest BCUT2D eigenvalue weighted by Gasteiger charge is -2.19. The van der Waals surface area contributed by atoms with Crippen LogP contribution in [0.1, 0.15) is 27.9 Å². The van der Waals surface area contributed by atoms with Crippen molar-refractivity contribution >= 4 is 40.9 Å². The molecule has 2 aromatic rings. The maximum atomic E-state index is 12.7. The molecule has 0 spiro atoms. The third kappa shape index (κ3) is 5.51. The first-order valence-electron chi connectivity index (χ1n) is 8.35. The summed E-state index contributed by atoms with van der Waals surface area (Å²) in [7, 11) is 0. The van der Waals surface area contributed by atoms with E-state index in [1.165, 1.54) is 0 Å². The summed E-state index contributed by atoms with van der Waals surface area (Å²) < 4.78 is 0. The molecule has 2 amide bonds. The highest BCUT2D eigenvalue weighted by atomic mass is 35.5. The summed E-state index contributed by atoms with van der Waals surface area (Å²) in [6, 6.07) is 12.0. The molecule has 0 aromatic heterocycles. The molecule has 2 rings (SSSR count). The van der Waals surface area contributed by atoms with Crippen LogP contribution in [0.3, 0.4) is 0 Å². The highest BCUT2D eigenvalue weighted by Gasteiger charge is 2.22. The highest BCUT2D eigenvalue weighted by molar-refractivity contribution is 7.98. The smallest absolute Gasteiger partial charge is 0.251 e. The lowest BCUT2D eigenvalue weighted by Crippen LogP contribution is -2.44. The Labute approximate surface area is 163 Å². The summed E-state index contributed by atoms with van der Waals surface area (Å²) in [5.74, 6) is 0.268. The van der Waals surface area contributed by atoms with Gasteiger partial charge in [0.1, 0.15) is 6.04 Å². The second-order valence-corrected chi connectivity index (χ2v) is 7.47. The van der Waals surface area contributed by atoms with E-state index < -0.39 is 6.04 Å². The van der Waals surface area contributed by atoms with E-state index in [1.807, 2.05) is 32.2 Å². The van der Waals surface area contributed by atoms with Gasteiger partial charge in [0.15, 0.2) is 0 Å². The van der Waals surface area contributed by atoms with Crippen molar-refractivity contribution in [2.24, 2.45) is 0 Å². The first kappa shape index (κ1) is 20.3. The number of anilines is 1. The summed E-state index contributed by atoms with van der Waals surface area (Å²) in [6.45, 7) is 3.77. The van der Waals surface area contributed by atoms with Crippen molar-refractivity contribution in [3.8, 4) is 0 Å². The predicted octanol–water partition coefficient (Wildman–Crippen LogP) is 4.45. The van der Waals surface area contributed by atoms with Crippen molar-refractivity contribution in [3.63, 3.8) is 0 Å². The molecule has 2 N–H and O–H groups in total. The number of amides is 2. The molecule has 1 atom stereocenters. The van der Waals surface area contributed by atoms with Crippen molar-refractivity contribution in [1.82, 2.24) is 5.32 Å². The van der Waals surface area contributed by atoms with Gasteiger partial charge in [-0.05, 0) is 62.1 Å². The van der Waals surface area contributed by atoms with Crippen LogP contribution in [0.4, 0.5) is 5.69 Å². The third-order valence-electron chi connectivity index (χ3n) is 4.04. The molecule has 4 nitrogen and oxygen atoms in total. The average Bonchev–Trinajstić information content (AvgIpc) is 2.62. The zero-order valence-corrected chi connectivity index (χ0v) is 16.7. The molecule has 0 aliphatic rings. The van der Waals surface area contributed by atoms with Gasteiger partial charge >= 0.3 is 0 Å². The molecule has 0 saturated carbocycles. The number of aryl methyl sites for hydroxylation is 1. The lowest BCUT2D eigenvalue weighted by molar-refractivity contribution is -0.118. The Hall–Kier alpha value is -1.98. The number of hydrogen-bond acceptors (Lipinski definition) is 3. The average molecular weight is 391 g/mol. The number of thioether (sulfide) groups is 1. The van der Waals surface area contributed by atoms with E-state index in [2.05, 4.69) is 10.6 Å². The Balaban J connectivity index is 2.13. The van der Waals surface area contributed by atoms with Crippen LogP contribution in [0.25, 0.3) is 0 Å². The molecule has 0 bridgehead atoms. The first-order valence-corrected chi connectivity index (χ1v) is 10.1. The fraction of sp³-hybridized carbons (Fsp3) is 0.300. The molecule has 0 radical (unpaired) electrons.